The van der Waals surface area contributed by atoms with Crippen molar-refractivity contribution in [2.24, 2.45) is 0 Å². The number of phenols is 1. The van der Waals surface area contributed by atoms with Gasteiger partial charge in [0.25, 0.3) is 0 Å². The van der Waals surface area contributed by atoms with Gasteiger partial charge in [-0.25, -0.2) is 0 Å². The van der Waals surface area contributed by atoms with Crippen molar-refractivity contribution in [3.05, 3.63) is 94.0 Å². The van der Waals surface area contributed by atoms with E-state index in [1.54, 1.807) is 21.3 Å². The van der Waals surface area contributed by atoms with Gasteiger partial charge in [0.15, 0.2) is 34.5 Å². The Balaban J connectivity index is 1.43. The molecule has 0 unspecified atom stereocenters. The van der Waals surface area contributed by atoms with Crippen molar-refractivity contribution in [3.63, 3.8) is 0 Å². The van der Waals surface area contributed by atoms with E-state index in [0.29, 0.717) is 40.9 Å². The summed E-state index contributed by atoms with van der Waals surface area (Å²) in [7, 11) is 7.02. The highest BCUT2D eigenvalue weighted by atomic mass is 16.5. The minimum absolute atomic E-state index is 0.00474. The average molecular weight is 595 g/mol. The second kappa shape index (κ2) is 11.6. The molecule has 4 aromatic carbocycles. The van der Waals surface area contributed by atoms with E-state index in [0.717, 1.165) is 54.8 Å². The predicted molar refractivity (Wildman–Crippen MR) is 168 cm³/mol. The lowest BCUT2D eigenvalue weighted by atomic mass is 9.87. The molecule has 0 amide bonds. The van der Waals surface area contributed by atoms with Crippen LogP contribution in [0, 0.1) is 0 Å². The van der Waals surface area contributed by atoms with E-state index in [9.17, 15) is 5.11 Å². The number of rotatable bonds is 3. The van der Waals surface area contributed by atoms with Crippen LogP contribution in [-0.2, 0) is 25.7 Å². The maximum Gasteiger partial charge on any atom is 0.201 e. The Hall–Kier alpha value is -4.40. The van der Waals surface area contributed by atoms with Crippen LogP contribution in [0.2, 0.25) is 0 Å². The van der Waals surface area contributed by atoms with Gasteiger partial charge in [0.05, 0.1) is 21.3 Å². The maximum atomic E-state index is 11.5. The lowest BCUT2D eigenvalue weighted by molar-refractivity contribution is 0.225. The van der Waals surface area contributed by atoms with Crippen LogP contribution in [0.4, 0.5) is 0 Å². The molecule has 0 saturated carbocycles. The molecule has 10 bridgehead atoms. The van der Waals surface area contributed by atoms with E-state index in [1.165, 1.54) is 16.7 Å². The van der Waals surface area contributed by atoms with Gasteiger partial charge in [-0.3, -0.25) is 4.90 Å². The molecule has 0 radical (unpaired) electrons. The van der Waals surface area contributed by atoms with Crippen LogP contribution >= 0.6 is 0 Å². The monoisotopic (exact) mass is 594 g/mol. The molecule has 4 aliphatic rings. The molecule has 44 heavy (non-hydrogen) atoms. The third kappa shape index (κ3) is 5.08. The first-order chi connectivity index (χ1) is 21.4. The summed E-state index contributed by atoms with van der Waals surface area (Å²) in [5, 5.41) is 15.2. The van der Waals surface area contributed by atoms with Crippen molar-refractivity contribution in [2.75, 3.05) is 41.5 Å². The number of aromatic hydroxyl groups is 1. The molecule has 8 rings (SSSR count). The highest BCUT2D eigenvalue weighted by Crippen LogP contribution is 2.50. The third-order valence-corrected chi connectivity index (χ3v) is 9.23. The Morgan fingerprint density at radius 3 is 2.30 bits per heavy atom. The number of fused-ring (bicyclic) bond motifs is 2. The number of hydrogen-bond acceptors (Lipinski definition) is 8. The minimum Gasteiger partial charge on any atom is -0.502 e. The van der Waals surface area contributed by atoms with Gasteiger partial charge in [0.1, 0.15) is 5.75 Å². The summed E-state index contributed by atoms with van der Waals surface area (Å²) in [5.74, 6) is 4.11. The second-order valence-electron chi connectivity index (χ2n) is 11.8. The van der Waals surface area contributed by atoms with Gasteiger partial charge >= 0.3 is 0 Å². The fraction of sp³-hybridized carbons (Fsp3) is 0.333. The Morgan fingerprint density at radius 1 is 0.773 bits per heavy atom. The van der Waals surface area contributed by atoms with E-state index in [-0.39, 0.29) is 17.8 Å². The molecule has 0 saturated heterocycles. The van der Waals surface area contributed by atoms with E-state index in [4.69, 9.17) is 23.7 Å². The van der Waals surface area contributed by atoms with Crippen LogP contribution in [0.25, 0.3) is 0 Å². The number of likely N-dealkylation sites (N-methyl/N-ethyl adjacent to an activating group) is 1. The first kappa shape index (κ1) is 28.4. The molecular formula is C36H38N2O6. The Morgan fingerprint density at radius 2 is 1.52 bits per heavy atom. The van der Waals surface area contributed by atoms with Crippen LogP contribution in [0.5, 0.6) is 46.0 Å². The van der Waals surface area contributed by atoms with Crippen LogP contribution in [0.1, 0.15) is 45.5 Å². The van der Waals surface area contributed by atoms with Crippen molar-refractivity contribution in [3.8, 4) is 46.0 Å². The van der Waals surface area contributed by atoms with Crippen molar-refractivity contribution < 1.29 is 28.8 Å². The molecule has 8 heteroatoms. The third-order valence-electron chi connectivity index (χ3n) is 9.23. The SMILES string of the molecule is COc1ccc2cc1Oc1ccc(cc1)C[C@H]1NCCc3cc(OC)c(cc31)Oc1c(O)c(OC)cc3c1CCN(C)[C@@H]3C2. The van der Waals surface area contributed by atoms with Crippen molar-refractivity contribution >= 4 is 0 Å². The van der Waals surface area contributed by atoms with Crippen LogP contribution in [0.3, 0.4) is 0 Å². The topological polar surface area (TPSA) is 81.7 Å². The first-order valence-corrected chi connectivity index (χ1v) is 15.1. The minimum atomic E-state index is -0.00474. The zero-order chi connectivity index (χ0) is 30.4. The normalized spacial score (nSPS) is 19.1. The summed E-state index contributed by atoms with van der Waals surface area (Å²) in [5.41, 5.74) is 6.72. The summed E-state index contributed by atoms with van der Waals surface area (Å²) >= 11 is 0. The van der Waals surface area contributed by atoms with Gasteiger partial charge in [0.2, 0.25) is 5.75 Å². The van der Waals surface area contributed by atoms with Gasteiger partial charge in [-0.05, 0) is 110 Å². The number of phenolic OH excluding ortho intramolecular Hbond substituents is 1. The van der Waals surface area contributed by atoms with E-state index in [1.807, 2.05) is 24.3 Å². The summed E-state index contributed by atoms with van der Waals surface area (Å²) in [4.78, 5) is 2.34. The second-order valence-corrected chi connectivity index (χ2v) is 11.8. The number of nitrogens with zero attached hydrogens (tertiary/aromatic N) is 1. The van der Waals surface area contributed by atoms with Crippen LogP contribution < -0.4 is 29.0 Å². The molecular weight excluding hydrogens is 556 g/mol. The van der Waals surface area contributed by atoms with E-state index >= 15 is 0 Å². The summed E-state index contributed by atoms with van der Waals surface area (Å²) in [6, 6.07) is 20.6. The van der Waals surface area contributed by atoms with Crippen LogP contribution in [-0.4, -0.2) is 51.5 Å². The fourth-order valence-electron chi connectivity index (χ4n) is 6.84. The molecule has 0 spiro atoms. The maximum absolute atomic E-state index is 11.5. The average Bonchev–Trinajstić information content (AvgIpc) is 3.04. The van der Waals surface area contributed by atoms with Gasteiger partial charge in [-0.2, -0.15) is 0 Å². The predicted octanol–water partition coefficient (Wildman–Crippen LogP) is 6.52. The molecule has 4 aromatic rings. The molecule has 8 nitrogen and oxygen atoms in total. The molecule has 4 aliphatic heterocycles. The smallest absolute Gasteiger partial charge is 0.201 e. The standard InChI is InChI=1S/C36H38N2O6/c1-38-14-12-25-27-20-34(42-4)35(39)36(25)44-33-19-26-23(18-31(33)41-3)11-13-37-28(26)15-21-5-8-24(9-6-21)43-32-17-22(16-29(27)38)7-10-30(32)40-2/h5-10,17-20,28-29,37,39H,11-16H2,1-4H3/t28-,29-/m1/s1. The lowest BCUT2D eigenvalue weighted by Gasteiger charge is -2.36. The molecule has 0 fully saturated rings. The molecule has 4 heterocycles. The van der Waals surface area contributed by atoms with Crippen molar-refractivity contribution in [1.82, 2.24) is 10.2 Å². The first-order valence-electron chi connectivity index (χ1n) is 15.1. The number of ether oxygens (including phenoxy) is 5. The number of nitrogens with one attached hydrogen (secondary N) is 1. The number of hydrogen-bond donors (Lipinski definition) is 2. The van der Waals surface area contributed by atoms with E-state index in [2.05, 4.69) is 53.7 Å². The number of benzene rings is 4. The molecule has 2 atom stereocenters. The number of methoxy groups -OCH3 is 3. The highest BCUT2D eigenvalue weighted by molar-refractivity contribution is 5.62. The van der Waals surface area contributed by atoms with Gasteiger partial charge in [-0.15, -0.1) is 0 Å². The zero-order valence-corrected chi connectivity index (χ0v) is 25.6. The van der Waals surface area contributed by atoms with Crippen molar-refractivity contribution in [1.29, 1.82) is 0 Å². The van der Waals surface area contributed by atoms with E-state index < -0.39 is 0 Å². The molecule has 0 aromatic heterocycles. The molecule has 2 N–H and O–H groups in total. The zero-order valence-electron chi connectivity index (χ0n) is 25.6. The molecule has 228 valence electrons. The summed E-state index contributed by atoms with van der Waals surface area (Å²) in [6.45, 7) is 1.68. The summed E-state index contributed by atoms with van der Waals surface area (Å²) in [6.07, 6.45) is 3.12. The van der Waals surface area contributed by atoms with Gasteiger partial charge in [-0.1, -0.05) is 18.2 Å². The quantitative estimate of drug-likeness (QED) is 0.278. The lowest BCUT2D eigenvalue weighted by Crippen LogP contribution is -2.33. The van der Waals surface area contributed by atoms with Gasteiger partial charge in [0, 0.05) is 24.2 Å². The van der Waals surface area contributed by atoms with Crippen molar-refractivity contribution in [2.45, 2.75) is 37.8 Å². The fourth-order valence-corrected chi connectivity index (χ4v) is 6.84. The van der Waals surface area contributed by atoms with Crippen LogP contribution in [0.15, 0.2) is 60.7 Å². The Labute approximate surface area is 258 Å². The Bertz CT molecular complexity index is 1700. The summed E-state index contributed by atoms with van der Waals surface area (Å²) < 4.78 is 30.3. The molecule has 0 aliphatic carbocycles. The largest absolute Gasteiger partial charge is 0.502 e. The Kier molecular flexibility index (Phi) is 7.48. The van der Waals surface area contributed by atoms with Gasteiger partial charge < -0.3 is 34.1 Å². The highest BCUT2D eigenvalue weighted by Gasteiger charge is 2.32.